The highest BCUT2D eigenvalue weighted by Crippen LogP contribution is 2.70. The van der Waals surface area contributed by atoms with Crippen molar-refractivity contribution in [1.82, 2.24) is 0 Å². The topological polar surface area (TPSA) is 102 Å². The van der Waals surface area contributed by atoms with Crippen molar-refractivity contribution in [3.05, 3.63) is 84.5 Å². The molecule has 7 nitrogen and oxygen atoms in total. The predicted octanol–water partition coefficient (Wildman–Crippen LogP) is 6.01. The van der Waals surface area contributed by atoms with Crippen molar-refractivity contribution >= 4 is 11.9 Å². The van der Waals surface area contributed by atoms with Crippen LogP contribution >= 0.6 is 0 Å². The monoisotopic (exact) mass is 534 g/mol. The molecule has 0 amide bonds. The SMILES string of the molecule is CC1(C)C2CCC1(C)C(C(=CC(=O)O)C(C=CC(=O)O)(COc1ccccc1)OCCOc1ccccc1)C2. The number of carbonyl (C=O) groups is 2. The Morgan fingerprint density at radius 2 is 1.54 bits per heavy atom. The molecule has 208 valence electrons. The molecule has 0 radical (unpaired) electrons. The molecule has 2 aliphatic carbocycles. The third-order valence-electron chi connectivity index (χ3n) is 9.08. The second kappa shape index (κ2) is 11.7. The summed E-state index contributed by atoms with van der Waals surface area (Å²) in [5, 5.41) is 19.6. The highest BCUT2D eigenvalue weighted by atomic mass is 16.6. The molecule has 0 aliphatic heterocycles. The summed E-state index contributed by atoms with van der Waals surface area (Å²) < 4.78 is 18.5. The van der Waals surface area contributed by atoms with Crippen molar-refractivity contribution < 1.29 is 34.0 Å². The molecule has 2 aliphatic rings. The van der Waals surface area contributed by atoms with Gasteiger partial charge in [-0.1, -0.05) is 57.2 Å². The van der Waals surface area contributed by atoms with Crippen LogP contribution in [0.15, 0.2) is 84.5 Å². The first-order valence-corrected chi connectivity index (χ1v) is 13.4. The number of benzene rings is 2. The molecule has 0 spiro atoms. The molecule has 2 N–H and O–H groups in total. The number of hydrogen-bond acceptors (Lipinski definition) is 5. The van der Waals surface area contributed by atoms with Gasteiger partial charge in [-0.3, -0.25) is 0 Å². The van der Waals surface area contributed by atoms with E-state index in [1.165, 1.54) is 12.2 Å². The van der Waals surface area contributed by atoms with Crippen molar-refractivity contribution in [2.75, 3.05) is 19.8 Å². The van der Waals surface area contributed by atoms with E-state index in [0.717, 1.165) is 25.3 Å². The van der Waals surface area contributed by atoms with Crippen LogP contribution in [0, 0.1) is 22.7 Å². The lowest BCUT2D eigenvalue weighted by Gasteiger charge is -2.45. The van der Waals surface area contributed by atoms with Crippen LogP contribution in [0.1, 0.15) is 40.0 Å². The van der Waals surface area contributed by atoms with E-state index in [4.69, 9.17) is 14.2 Å². The summed E-state index contributed by atoms with van der Waals surface area (Å²) >= 11 is 0. The first kappa shape index (κ1) is 28.4. The fourth-order valence-corrected chi connectivity index (χ4v) is 6.54. The number of hydrogen-bond donors (Lipinski definition) is 2. The van der Waals surface area contributed by atoms with Gasteiger partial charge in [0.2, 0.25) is 0 Å². The third kappa shape index (κ3) is 6.04. The number of carboxylic acids is 2. The van der Waals surface area contributed by atoms with Crippen LogP contribution in [0.2, 0.25) is 0 Å². The van der Waals surface area contributed by atoms with Gasteiger partial charge in [-0.15, -0.1) is 0 Å². The molecule has 2 saturated carbocycles. The lowest BCUT2D eigenvalue weighted by Crippen LogP contribution is -2.46. The lowest BCUT2D eigenvalue weighted by molar-refractivity contribution is -0.132. The van der Waals surface area contributed by atoms with E-state index in [9.17, 15) is 19.8 Å². The first-order chi connectivity index (χ1) is 18.6. The van der Waals surface area contributed by atoms with Gasteiger partial charge in [0, 0.05) is 12.2 Å². The molecule has 2 bridgehead atoms. The minimum absolute atomic E-state index is 0.00573. The quantitative estimate of drug-likeness (QED) is 0.239. The van der Waals surface area contributed by atoms with Crippen molar-refractivity contribution in [1.29, 1.82) is 0 Å². The van der Waals surface area contributed by atoms with Gasteiger partial charge in [-0.05, 0) is 77.8 Å². The molecule has 2 fully saturated rings. The molecule has 2 aromatic carbocycles. The van der Waals surface area contributed by atoms with Crippen LogP contribution in [-0.2, 0) is 14.3 Å². The maximum absolute atomic E-state index is 12.3. The maximum Gasteiger partial charge on any atom is 0.328 e. The molecule has 0 saturated heterocycles. The largest absolute Gasteiger partial charge is 0.491 e. The summed E-state index contributed by atoms with van der Waals surface area (Å²) in [5.41, 5.74) is -1.10. The molecule has 4 unspecified atom stereocenters. The van der Waals surface area contributed by atoms with Crippen LogP contribution in [-0.4, -0.2) is 47.6 Å². The molecule has 4 atom stereocenters. The Hall–Kier alpha value is -3.58. The Morgan fingerprint density at radius 1 is 0.923 bits per heavy atom. The minimum Gasteiger partial charge on any atom is -0.491 e. The van der Waals surface area contributed by atoms with Crippen LogP contribution in [0.3, 0.4) is 0 Å². The van der Waals surface area contributed by atoms with E-state index in [-0.39, 0.29) is 36.6 Å². The number of ether oxygens (including phenoxy) is 3. The Bertz CT molecular complexity index is 1200. The zero-order valence-corrected chi connectivity index (χ0v) is 22.8. The number of rotatable bonds is 13. The average Bonchev–Trinajstić information content (AvgIpc) is 3.26. The fraction of sp³-hybridized carbons (Fsp3) is 0.438. The van der Waals surface area contributed by atoms with Gasteiger partial charge < -0.3 is 24.4 Å². The van der Waals surface area contributed by atoms with E-state index in [2.05, 4.69) is 20.8 Å². The molecular weight excluding hydrogens is 496 g/mol. The van der Waals surface area contributed by atoms with Crippen molar-refractivity contribution in [3.63, 3.8) is 0 Å². The van der Waals surface area contributed by atoms with Gasteiger partial charge in [0.25, 0.3) is 0 Å². The normalized spacial score (nSPS) is 25.4. The molecule has 39 heavy (non-hydrogen) atoms. The Morgan fingerprint density at radius 3 is 2.05 bits per heavy atom. The number of para-hydroxylation sites is 2. The van der Waals surface area contributed by atoms with Crippen molar-refractivity contribution in [3.8, 4) is 11.5 Å². The summed E-state index contributed by atoms with van der Waals surface area (Å²) in [5.74, 6) is -0.707. The van der Waals surface area contributed by atoms with Crippen molar-refractivity contribution in [2.24, 2.45) is 22.7 Å². The molecule has 0 aromatic heterocycles. The fourth-order valence-electron chi connectivity index (χ4n) is 6.54. The van der Waals surface area contributed by atoms with E-state index in [0.29, 0.717) is 23.0 Å². The lowest BCUT2D eigenvalue weighted by atomic mass is 9.62. The Balaban J connectivity index is 1.73. The van der Waals surface area contributed by atoms with E-state index in [1.54, 1.807) is 12.1 Å². The van der Waals surface area contributed by atoms with Gasteiger partial charge in [-0.2, -0.15) is 0 Å². The van der Waals surface area contributed by atoms with Gasteiger partial charge in [0.15, 0.2) is 0 Å². The number of fused-ring (bicyclic) bond motifs is 2. The predicted molar refractivity (Wildman–Crippen MR) is 148 cm³/mol. The Labute approximate surface area is 230 Å². The Kier molecular flexibility index (Phi) is 8.50. The van der Waals surface area contributed by atoms with Gasteiger partial charge in [0.05, 0.1) is 6.61 Å². The number of aliphatic carboxylic acids is 2. The molecule has 0 heterocycles. The summed E-state index contributed by atoms with van der Waals surface area (Å²) in [6.07, 6.45) is 6.53. The van der Waals surface area contributed by atoms with Crippen LogP contribution in [0.4, 0.5) is 0 Å². The summed E-state index contributed by atoms with van der Waals surface area (Å²) in [4.78, 5) is 24.0. The van der Waals surface area contributed by atoms with Crippen molar-refractivity contribution in [2.45, 2.75) is 45.6 Å². The second-order valence-corrected chi connectivity index (χ2v) is 11.3. The van der Waals surface area contributed by atoms with E-state index < -0.39 is 17.5 Å². The smallest absolute Gasteiger partial charge is 0.328 e. The first-order valence-electron chi connectivity index (χ1n) is 13.4. The maximum atomic E-state index is 12.3. The number of carboxylic acid groups (broad SMARTS) is 2. The van der Waals surface area contributed by atoms with Gasteiger partial charge in [-0.25, -0.2) is 9.59 Å². The van der Waals surface area contributed by atoms with Gasteiger partial charge in [0.1, 0.15) is 30.3 Å². The zero-order chi connectivity index (χ0) is 28.1. The van der Waals surface area contributed by atoms with Crippen LogP contribution in [0.5, 0.6) is 11.5 Å². The molecule has 2 aromatic rings. The highest BCUT2D eigenvalue weighted by molar-refractivity contribution is 5.82. The standard InChI is InChI=1S/C32H38O7/c1-30(2)23-14-16-31(30,3)26(20-23)27(21-29(35)36)32(17-15-28(33)34,22-38-25-12-8-5-9-13-25)39-19-18-37-24-10-6-4-7-11-24/h4-13,15,17,21,23,26H,14,16,18-20,22H2,1-3H3,(H,33,34)(H,35,36). The molecule has 4 rings (SSSR count). The summed E-state index contributed by atoms with van der Waals surface area (Å²) in [6, 6.07) is 18.5. The highest BCUT2D eigenvalue weighted by Gasteiger charge is 2.63. The average molecular weight is 535 g/mol. The third-order valence-corrected chi connectivity index (χ3v) is 9.08. The minimum atomic E-state index is -1.44. The molecule has 7 heteroatoms. The van der Waals surface area contributed by atoms with E-state index in [1.807, 2.05) is 48.5 Å². The van der Waals surface area contributed by atoms with Gasteiger partial charge >= 0.3 is 11.9 Å². The molecular formula is C32H38O7. The van der Waals surface area contributed by atoms with Crippen LogP contribution in [0.25, 0.3) is 0 Å². The summed E-state index contributed by atoms with van der Waals surface area (Å²) in [6.45, 7) is 6.92. The summed E-state index contributed by atoms with van der Waals surface area (Å²) in [7, 11) is 0. The zero-order valence-electron chi connectivity index (χ0n) is 22.8. The second-order valence-electron chi connectivity index (χ2n) is 11.3. The van der Waals surface area contributed by atoms with Crippen LogP contribution < -0.4 is 9.47 Å². The van der Waals surface area contributed by atoms with E-state index >= 15 is 0 Å².